The average Bonchev–Trinajstić information content (AvgIpc) is 2.93. The van der Waals surface area contributed by atoms with Crippen LogP contribution < -0.4 is 15.4 Å². The molecule has 0 bridgehead atoms. The Morgan fingerprint density at radius 1 is 1.30 bits per heavy atom. The van der Waals surface area contributed by atoms with Gasteiger partial charge in [-0.05, 0) is 43.4 Å². The molecule has 0 aliphatic carbocycles. The first-order valence-corrected chi connectivity index (χ1v) is 11.2. The van der Waals surface area contributed by atoms with Crippen LogP contribution in [0.5, 0.6) is 5.75 Å². The molecule has 154 valence electrons. The smallest absolute Gasteiger partial charge is 0.191 e. The van der Waals surface area contributed by atoms with E-state index in [4.69, 9.17) is 4.74 Å². The number of sulfone groups is 1. The Labute approximate surface area is 180 Å². The Hall–Kier alpha value is -1.03. The van der Waals surface area contributed by atoms with Crippen molar-refractivity contribution in [1.29, 1.82) is 0 Å². The van der Waals surface area contributed by atoms with E-state index in [0.717, 1.165) is 25.3 Å². The SMILES string of the molecule is CCNC(=NCCc1ccc(OCC(C)C)cc1)NC1CCS(=O)(=O)C1.I. The number of guanidine groups is 1. The number of nitrogens with zero attached hydrogens (tertiary/aromatic N) is 1. The van der Waals surface area contributed by atoms with Gasteiger partial charge in [0.15, 0.2) is 15.8 Å². The van der Waals surface area contributed by atoms with Crippen LogP contribution in [0.1, 0.15) is 32.8 Å². The van der Waals surface area contributed by atoms with Gasteiger partial charge in [0.2, 0.25) is 0 Å². The summed E-state index contributed by atoms with van der Waals surface area (Å²) >= 11 is 0. The summed E-state index contributed by atoms with van der Waals surface area (Å²) in [6.07, 6.45) is 1.47. The highest BCUT2D eigenvalue weighted by molar-refractivity contribution is 14.0. The molecule has 0 radical (unpaired) electrons. The standard InChI is InChI=1S/C19H31N3O3S.HI/c1-4-20-19(22-17-10-12-26(23,24)14-17)21-11-9-16-5-7-18(8-6-16)25-13-15(2)3;/h5-8,15,17H,4,9-14H2,1-3H3,(H2,20,21,22);1H. The van der Waals surface area contributed by atoms with E-state index in [1.54, 1.807) is 0 Å². The third-order valence-corrected chi connectivity index (χ3v) is 5.86. The number of ether oxygens (including phenoxy) is 1. The van der Waals surface area contributed by atoms with Gasteiger partial charge in [0, 0.05) is 19.1 Å². The van der Waals surface area contributed by atoms with E-state index >= 15 is 0 Å². The number of halogens is 1. The Balaban J connectivity index is 0.00000364. The lowest BCUT2D eigenvalue weighted by molar-refractivity contribution is 0.271. The van der Waals surface area contributed by atoms with Gasteiger partial charge in [-0.15, -0.1) is 24.0 Å². The average molecular weight is 509 g/mol. The van der Waals surface area contributed by atoms with Gasteiger partial charge in [0.1, 0.15) is 5.75 Å². The zero-order valence-electron chi connectivity index (χ0n) is 16.4. The summed E-state index contributed by atoms with van der Waals surface area (Å²) in [6, 6.07) is 8.07. The highest BCUT2D eigenvalue weighted by Crippen LogP contribution is 2.14. The fraction of sp³-hybridized carbons (Fsp3) is 0.632. The van der Waals surface area contributed by atoms with Crippen molar-refractivity contribution in [3.8, 4) is 5.75 Å². The predicted molar refractivity (Wildman–Crippen MR) is 122 cm³/mol. The number of hydrogen-bond donors (Lipinski definition) is 2. The van der Waals surface area contributed by atoms with Gasteiger partial charge < -0.3 is 15.4 Å². The molecule has 0 amide bonds. The molecule has 1 fully saturated rings. The lowest BCUT2D eigenvalue weighted by atomic mass is 10.1. The Kier molecular flexibility index (Phi) is 10.4. The monoisotopic (exact) mass is 509 g/mol. The lowest BCUT2D eigenvalue weighted by Gasteiger charge is -2.15. The summed E-state index contributed by atoms with van der Waals surface area (Å²) in [5, 5.41) is 6.42. The molecule has 1 aromatic rings. The predicted octanol–water partition coefficient (Wildman–Crippen LogP) is 2.62. The van der Waals surface area contributed by atoms with Crippen molar-refractivity contribution in [1.82, 2.24) is 10.6 Å². The number of benzene rings is 1. The molecule has 2 N–H and O–H groups in total. The molecule has 0 spiro atoms. The molecule has 1 aliphatic rings. The highest BCUT2D eigenvalue weighted by Gasteiger charge is 2.28. The van der Waals surface area contributed by atoms with Crippen LogP contribution in [0.4, 0.5) is 0 Å². The van der Waals surface area contributed by atoms with E-state index in [-0.39, 0.29) is 41.5 Å². The molecule has 1 saturated heterocycles. The molecule has 1 aromatic carbocycles. The second kappa shape index (κ2) is 11.7. The van der Waals surface area contributed by atoms with Gasteiger partial charge in [0.25, 0.3) is 0 Å². The van der Waals surface area contributed by atoms with Crippen molar-refractivity contribution in [3.63, 3.8) is 0 Å². The first kappa shape index (κ1) is 24.0. The zero-order chi connectivity index (χ0) is 19.0. The summed E-state index contributed by atoms with van der Waals surface area (Å²) in [6.45, 7) is 8.36. The normalized spacial score (nSPS) is 18.8. The van der Waals surface area contributed by atoms with Gasteiger partial charge in [-0.3, -0.25) is 4.99 Å². The van der Waals surface area contributed by atoms with E-state index in [0.29, 0.717) is 24.8 Å². The molecule has 6 nitrogen and oxygen atoms in total. The third kappa shape index (κ3) is 9.14. The molecule has 27 heavy (non-hydrogen) atoms. The van der Waals surface area contributed by atoms with Gasteiger partial charge in [0.05, 0.1) is 18.1 Å². The Morgan fingerprint density at radius 3 is 2.56 bits per heavy atom. The van der Waals surface area contributed by atoms with Crippen molar-refractivity contribution >= 4 is 39.8 Å². The number of rotatable bonds is 8. The van der Waals surface area contributed by atoms with Crippen LogP contribution in [0.15, 0.2) is 29.3 Å². The molecule has 0 aromatic heterocycles. The molecular formula is C19H32IN3O3S. The van der Waals surface area contributed by atoms with Crippen LogP contribution in [0.25, 0.3) is 0 Å². The molecule has 2 rings (SSSR count). The maximum atomic E-state index is 11.6. The second-order valence-electron chi connectivity index (χ2n) is 7.10. The topological polar surface area (TPSA) is 79.8 Å². The molecule has 1 unspecified atom stereocenters. The second-order valence-corrected chi connectivity index (χ2v) is 9.33. The van der Waals surface area contributed by atoms with Crippen LogP contribution in [-0.2, 0) is 16.3 Å². The van der Waals surface area contributed by atoms with Gasteiger partial charge >= 0.3 is 0 Å². The maximum Gasteiger partial charge on any atom is 0.191 e. The fourth-order valence-electron chi connectivity index (χ4n) is 2.73. The summed E-state index contributed by atoms with van der Waals surface area (Å²) < 4.78 is 28.9. The van der Waals surface area contributed by atoms with Crippen molar-refractivity contribution in [2.24, 2.45) is 10.9 Å². The van der Waals surface area contributed by atoms with Gasteiger partial charge in [-0.2, -0.15) is 0 Å². The van der Waals surface area contributed by atoms with Crippen LogP contribution >= 0.6 is 24.0 Å². The minimum atomic E-state index is -2.89. The van der Waals surface area contributed by atoms with Crippen molar-refractivity contribution in [3.05, 3.63) is 29.8 Å². The van der Waals surface area contributed by atoms with Gasteiger partial charge in [-0.25, -0.2) is 8.42 Å². The van der Waals surface area contributed by atoms with E-state index in [1.807, 2.05) is 19.1 Å². The van der Waals surface area contributed by atoms with Crippen LogP contribution in [0.2, 0.25) is 0 Å². The molecule has 0 saturated carbocycles. The Morgan fingerprint density at radius 2 is 2.00 bits per heavy atom. The summed E-state index contributed by atoms with van der Waals surface area (Å²) in [7, 11) is -2.89. The quantitative estimate of drug-likeness (QED) is 0.320. The molecule has 1 aliphatic heterocycles. The maximum absolute atomic E-state index is 11.6. The zero-order valence-corrected chi connectivity index (χ0v) is 19.5. The molecular weight excluding hydrogens is 477 g/mol. The van der Waals surface area contributed by atoms with Crippen molar-refractivity contribution < 1.29 is 13.2 Å². The summed E-state index contributed by atoms with van der Waals surface area (Å²) in [5.74, 6) is 2.54. The number of aliphatic imine (C=N–C) groups is 1. The highest BCUT2D eigenvalue weighted by atomic mass is 127. The first-order chi connectivity index (χ1) is 12.4. The van der Waals surface area contributed by atoms with Crippen molar-refractivity contribution in [2.75, 3.05) is 31.2 Å². The minimum absolute atomic E-state index is 0. The largest absolute Gasteiger partial charge is 0.493 e. The lowest BCUT2D eigenvalue weighted by Crippen LogP contribution is -2.44. The molecule has 1 atom stereocenters. The van der Waals surface area contributed by atoms with Crippen LogP contribution in [0, 0.1) is 5.92 Å². The minimum Gasteiger partial charge on any atom is -0.493 e. The van der Waals surface area contributed by atoms with Gasteiger partial charge in [-0.1, -0.05) is 26.0 Å². The van der Waals surface area contributed by atoms with Crippen LogP contribution in [-0.4, -0.2) is 51.6 Å². The molecule has 8 heteroatoms. The fourth-order valence-corrected chi connectivity index (χ4v) is 4.41. The van der Waals surface area contributed by atoms with E-state index in [1.165, 1.54) is 5.56 Å². The number of nitrogens with one attached hydrogen (secondary N) is 2. The summed E-state index contributed by atoms with van der Waals surface area (Å²) in [5.41, 5.74) is 1.20. The molecule has 1 heterocycles. The van der Waals surface area contributed by atoms with Crippen molar-refractivity contribution in [2.45, 2.75) is 39.7 Å². The first-order valence-electron chi connectivity index (χ1n) is 9.35. The van der Waals surface area contributed by atoms with E-state index in [9.17, 15) is 8.42 Å². The summed E-state index contributed by atoms with van der Waals surface area (Å²) in [4.78, 5) is 4.57. The van der Waals surface area contributed by atoms with Crippen LogP contribution in [0.3, 0.4) is 0 Å². The van der Waals surface area contributed by atoms with E-state index < -0.39 is 9.84 Å². The number of hydrogen-bond acceptors (Lipinski definition) is 4. The van der Waals surface area contributed by atoms with E-state index in [2.05, 4.69) is 41.6 Å². The third-order valence-electron chi connectivity index (χ3n) is 4.09. The Bertz CT molecular complexity index is 691.